The average molecular weight is 586 g/mol. The first-order valence-corrected chi connectivity index (χ1v) is 16.2. The summed E-state index contributed by atoms with van der Waals surface area (Å²) in [6.07, 6.45) is 0.620. The minimum atomic E-state index is -1.69. The Morgan fingerprint density at radius 2 is 0.891 bits per heavy atom. The molecule has 2 heterocycles. The lowest BCUT2D eigenvalue weighted by atomic mass is 9.23. The molecular weight excluding hydrogens is 553 g/mol. The number of hydrogen-bond donors (Lipinski definition) is 0. The van der Waals surface area contributed by atoms with Crippen molar-refractivity contribution in [2.24, 2.45) is 0 Å². The van der Waals surface area contributed by atoms with Gasteiger partial charge in [0.05, 0.1) is 0 Å². The molecule has 0 spiro atoms. The summed E-state index contributed by atoms with van der Waals surface area (Å²) >= 11 is 0. The van der Waals surface area contributed by atoms with E-state index in [9.17, 15) is 0 Å². The summed E-state index contributed by atoms with van der Waals surface area (Å²) in [4.78, 5) is 0. The van der Waals surface area contributed by atoms with Gasteiger partial charge in [-0.2, -0.15) is 0 Å². The van der Waals surface area contributed by atoms with Crippen LogP contribution in [0.4, 0.5) is 0 Å². The molecule has 46 heavy (non-hydrogen) atoms. The lowest BCUT2D eigenvalue weighted by Gasteiger charge is -2.36. The van der Waals surface area contributed by atoms with Crippen molar-refractivity contribution in [3.63, 3.8) is 0 Å². The van der Waals surface area contributed by atoms with Crippen LogP contribution in [-0.2, 0) is 0 Å². The predicted octanol–water partition coefficient (Wildman–Crippen LogP) is 8.86. The van der Waals surface area contributed by atoms with E-state index in [1.54, 1.807) is 0 Å². The standard InChI is InChI=1S/C44H32BN/c1-31-17-19-35(20-18-31)43-42-16-8-9-27-46(42)45(40-25-23-33-11-3-6-14-37(33)29-40,41-26-24-34-12-4-7-15-38(34)30-41)44(43)39-22-21-32-10-2-5-13-36(32)28-39/h2-30H,1H3. The minimum Gasteiger partial charge on any atom is -0.408 e. The summed E-state index contributed by atoms with van der Waals surface area (Å²) in [5, 5.41) is 7.51. The SMILES string of the molecule is Cc1ccc(C2=C(c3ccc4ccccc4c3)[B-](c3ccc4ccccc4c3)(c3ccc4ccccc4c3)[n+]3ccccc32)cc1. The number of fused-ring (bicyclic) bond motifs is 4. The molecule has 9 rings (SSSR count). The maximum absolute atomic E-state index is 2.59. The number of nitrogens with zero attached hydrogens (tertiary/aromatic N) is 1. The van der Waals surface area contributed by atoms with Crippen LogP contribution >= 0.6 is 0 Å². The van der Waals surface area contributed by atoms with Crippen LogP contribution in [-0.4, -0.2) is 6.28 Å². The summed E-state index contributed by atoms with van der Waals surface area (Å²) in [6, 6.07) is 63.2. The fourth-order valence-electron chi connectivity index (χ4n) is 8.04. The van der Waals surface area contributed by atoms with Gasteiger partial charge in [0, 0.05) is 11.6 Å². The topological polar surface area (TPSA) is 3.88 Å². The molecule has 0 bridgehead atoms. The number of aryl methyl sites for hydroxylation is 1. The third-order valence-corrected chi connectivity index (χ3v) is 10.2. The van der Waals surface area contributed by atoms with Gasteiger partial charge in [-0.3, -0.25) is 0 Å². The molecule has 0 radical (unpaired) electrons. The van der Waals surface area contributed by atoms with Crippen molar-refractivity contribution < 1.29 is 4.48 Å². The van der Waals surface area contributed by atoms with Gasteiger partial charge in [0.25, 0.3) is 0 Å². The third kappa shape index (κ3) is 4.00. The van der Waals surface area contributed by atoms with Gasteiger partial charge in [0.2, 0.25) is 0 Å². The first-order chi connectivity index (χ1) is 22.7. The zero-order valence-corrected chi connectivity index (χ0v) is 25.8. The Morgan fingerprint density at radius 3 is 1.48 bits per heavy atom. The molecule has 0 fully saturated rings. The molecule has 0 N–H and O–H groups in total. The van der Waals surface area contributed by atoms with Crippen molar-refractivity contribution in [2.75, 3.05) is 0 Å². The zero-order chi connectivity index (χ0) is 30.7. The number of pyridine rings is 1. The molecule has 1 aromatic heterocycles. The fourth-order valence-corrected chi connectivity index (χ4v) is 8.04. The molecule has 0 unspecified atom stereocenters. The lowest BCUT2D eigenvalue weighted by molar-refractivity contribution is -0.539. The quantitative estimate of drug-likeness (QED) is 0.182. The van der Waals surface area contributed by atoms with E-state index in [0.29, 0.717) is 0 Å². The number of aromatic nitrogens is 1. The largest absolute Gasteiger partial charge is 0.408 e. The molecule has 0 saturated heterocycles. The molecule has 0 amide bonds. The Hall–Kier alpha value is -5.73. The maximum atomic E-state index is 2.59. The molecule has 0 atom stereocenters. The highest BCUT2D eigenvalue weighted by atomic mass is 14.9. The molecular formula is C44H32BN. The Kier molecular flexibility index (Phi) is 6.04. The molecule has 7 aromatic carbocycles. The van der Waals surface area contributed by atoms with Crippen molar-refractivity contribution in [3.8, 4) is 0 Å². The third-order valence-electron chi connectivity index (χ3n) is 10.2. The molecule has 0 saturated carbocycles. The van der Waals surface area contributed by atoms with Crippen LogP contribution in [0.15, 0.2) is 176 Å². The number of hydrogen-bond acceptors (Lipinski definition) is 0. The van der Waals surface area contributed by atoms with Gasteiger partial charge >= 0.3 is 6.28 Å². The van der Waals surface area contributed by atoms with E-state index in [4.69, 9.17) is 0 Å². The van der Waals surface area contributed by atoms with Crippen LogP contribution in [0.25, 0.3) is 43.4 Å². The van der Waals surface area contributed by atoms with E-state index < -0.39 is 6.28 Å². The Labute approximate surface area is 269 Å². The minimum absolute atomic E-state index is 1.23. The van der Waals surface area contributed by atoms with Gasteiger partial charge in [-0.25, -0.2) is 0 Å². The summed E-state index contributed by atoms with van der Waals surface area (Å²) < 4.78 is 2.59. The second kappa shape index (κ2) is 10.4. The number of benzene rings is 7. The highest BCUT2D eigenvalue weighted by molar-refractivity contribution is 7.11. The maximum Gasteiger partial charge on any atom is 0.361 e. The Bertz CT molecular complexity index is 2410. The van der Waals surface area contributed by atoms with E-state index in [-0.39, 0.29) is 0 Å². The van der Waals surface area contributed by atoms with E-state index >= 15 is 0 Å². The molecule has 216 valence electrons. The molecule has 0 aliphatic carbocycles. The highest BCUT2D eigenvalue weighted by Gasteiger charge is 2.52. The normalized spacial score (nSPS) is 13.8. The average Bonchev–Trinajstić information content (AvgIpc) is 3.43. The van der Waals surface area contributed by atoms with Gasteiger partial charge in [0.15, 0.2) is 5.69 Å². The van der Waals surface area contributed by atoms with Crippen molar-refractivity contribution in [2.45, 2.75) is 6.92 Å². The van der Waals surface area contributed by atoms with E-state index in [1.807, 2.05) is 0 Å². The zero-order valence-electron chi connectivity index (χ0n) is 25.8. The second-order valence-corrected chi connectivity index (χ2v) is 12.7. The second-order valence-electron chi connectivity index (χ2n) is 12.7. The number of rotatable bonds is 4. The first kappa shape index (κ1) is 26.7. The van der Waals surface area contributed by atoms with E-state index in [1.165, 1.54) is 76.7 Å². The van der Waals surface area contributed by atoms with Gasteiger partial charge < -0.3 is 4.48 Å². The molecule has 1 nitrogen and oxygen atoms in total. The molecule has 1 aliphatic heterocycles. The molecule has 1 aliphatic rings. The lowest BCUT2D eigenvalue weighted by Crippen LogP contribution is -2.78. The summed E-state index contributed by atoms with van der Waals surface area (Å²) in [6.45, 7) is 2.16. The van der Waals surface area contributed by atoms with Gasteiger partial charge in [-0.15, -0.1) is 16.4 Å². The Balaban J connectivity index is 1.49. The van der Waals surface area contributed by atoms with Crippen molar-refractivity contribution >= 4 is 60.6 Å². The molecule has 8 aromatic rings. The van der Waals surface area contributed by atoms with Gasteiger partial charge in [0.1, 0.15) is 6.20 Å². The predicted molar refractivity (Wildman–Crippen MR) is 196 cm³/mol. The van der Waals surface area contributed by atoms with Gasteiger partial charge in [-0.05, 0) is 56.9 Å². The monoisotopic (exact) mass is 585 g/mol. The van der Waals surface area contributed by atoms with Crippen LogP contribution in [0, 0.1) is 6.92 Å². The van der Waals surface area contributed by atoms with Crippen LogP contribution in [0.5, 0.6) is 0 Å². The summed E-state index contributed by atoms with van der Waals surface area (Å²) in [5.74, 6) is 0. The first-order valence-electron chi connectivity index (χ1n) is 16.2. The van der Waals surface area contributed by atoms with Crippen LogP contribution in [0.2, 0.25) is 0 Å². The van der Waals surface area contributed by atoms with E-state index in [2.05, 4.69) is 187 Å². The van der Waals surface area contributed by atoms with Gasteiger partial charge in [-0.1, -0.05) is 163 Å². The van der Waals surface area contributed by atoms with Crippen molar-refractivity contribution in [1.29, 1.82) is 0 Å². The van der Waals surface area contributed by atoms with Crippen LogP contribution < -0.4 is 15.4 Å². The van der Waals surface area contributed by atoms with Crippen LogP contribution in [0.1, 0.15) is 22.4 Å². The highest BCUT2D eigenvalue weighted by Crippen LogP contribution is 2.42. The fraction of sp³-hybridized carbons (Fsp3) is 0.0227. The van der Waals surface area contributed by atoms with E-state index in [0.717, 1.165) is 0 Å². The smallest absolute Gasteiger partial charge is 0.361 e. The summed E-state index contributed by atoms with van der Waals surface area (Å²) in [5.41, 5.74) is 10.2. The van der Waals surface area contributed by atoms with Crippen LogP contribution in [0.3, 0.4) is 0 Å². The van der Waals surface area contributed by atoms with Crippen molar-refractivity contribution in [3.05, 3.63) is 198 Å². The summed E-state index contributed by atoms with van der Waals surface area (Å²) in [7, 11) is 0. The Morgan fingerprint density at radius 1 is 0.413 bits per heavy atom. The van der Waals surface area contributed by atoms with Crippen molar-refractivity contribution in [1.82, 2.24) is 0 Å². The molecule has 2 heteroatoms.